The maximum Gasteiger partial charge on any atom is 0.144 e. The summed E-state index contributed by atoms with van der Waals surface area (Å²) < 4.78 is 33.1. The molecule has 2 fully saturated rings. The van der Waals surface area contributed by atoms with E-state index in [1.165, 1.54) is 89.2 Å². The first kappa shape index (κ1) is 25.9. The van der Waals surface area contributed by atoms with Crippen molar-refractivity contribution in [2.75, 3.05) is 13.2 Å². The minimum absolute atomic E-state index is 0.471. The van der Waals surface area contributed by atoms with Crippen molar-refractivity contribution in [3.63, 3.8) is 0 Å². The number of ether oxygens (including phenoxy) is 1. The minimum Gasteiger partial charge on any atom is -0.377 e. The van der Waals surface area contributed by atoms with Crippen LogP contribution in [0.5, 0.6) is 0 Å². The number of benzene rings is 1. The number of rotatable bonds is 12. The molecule has 1 aromatic carbocycles. The molecule has 4 heteroatoms. The van der Waals surface area contributed by atoms with Crippen molar-refractivity contribution in [3.05, 3.63) is 47.5 Å². The Morgan fingerprint density at radius 1 is 0.848 bits per heavy atom. The van der Waals surface area contributed by atoms with Crippen LogP contribution in [0.2, 0.25) is 0 Å². The maximum atomic E-state index is 13.8. The second-order valence-corrected chi connectivity index (χ2v) is 10.4. The fraction of sp³-hybridized carbons (Fsp3) is 0.690. The highest BCUT2D eigenvalue weighted by Crippen LogP contribution is 2.38. The van der Waals surface area contributed by atoms with Gasteiger partial charge in [0.15, 0.2) is 0 Å². The van der Waals surface area contributed by atoms with E-state index in [0.717, 1.165) is 30.8 Å². The van der Waals surface area contributed by atoms with E-state index < -0.39 is 17.2 Å². The zero-order valence-corrected chi connectivity index (χ0v) is 20.2. The zero-order chi connectivity index (χ0) is 23.5. The molecule has 0 heterocycles. The van der Waals surface area contributed by atoms with Crippen LogP contribution in [-0.4, -0.2) is 13.2 Å². The van der Waals surface area contributed by atoms with Crippen molar-refractivity contribution in [2.24, 2.45) is 23.7 Å². The molecule has 1 aromatic rings. The highest BCUT2D eigenvalue weighted by molar-refractivity contribution is 5.35. The molecule has 2 saturated carbocycles. The van der Waals surface area contributed by atoms with Crippen molar-refractivity contribution in [3.8, 4) is 6.07 Å². The van der Waals surface area contributed by atoms with Gasteiger partial charge in [0, 0.05) is 6.61 Å². The van der Waals surface area contributed by atoms with E-state index >= 15 is 0 Å². The lowest BCUT2D eigenvalue weighted by atomic mass is 9.74. The SMILES string of the molecule is C=CCOCCCC1CCC(CCC2CCC(CCc3cc(F)c(C#N)c(F)c3)CC2)CC1. The summed E-state index contributed by atoms with van der Waals surface area (Å²) >= 11 is 0. The molecule has 182 valence electrons. The molecular weight excluding hydrogens is 416 g/mol. The molecule has 0 spiro atoms. The van der Waals surface area contributed by atoms with Crippen LogP contribution in [0, 0.1) is 46.6 Å². The topological polar surface area (TPSA) is 33.0 Å². The van der Waals surface area contributed by atoms with Crippen molar-refractivity contribution in [1.29, 1.82) is 5.26 Å². The molecule has 33 heavy (non-hydrogen) atoms. The van der Waals surface area contributed by atoms with Gasteiger partial charge in [-0.15, -0.1) is 6.58 Å². The van der Waals surface area contributed by atoms with E-state index in [-0.39, 0.29) is 0 Å². The first-order valence-corrected chi connectivity index (χ1v) is 13.2. The fourth-order valence-electron chi connectivity index (χ4n) is 5.98. The summed E-state index contributed by atoms with van der Waals surface area (Å²) in [5.74, 6) is 1.89. The molecule has 0 radical (unpaired) electrons. The van der Waals surface area contributed by atoms with Gasteiger partial charge in [0.05, 0.1) is 6.61 Å². The molecule has 0 aromatic heterocycles. The second kappa shape index (κ2) is 13.9. The number of nitriles is 1. The quantitative estimate of drug-likeness (QED) is 0.234. The van der Waals surface area contributed by atoms with Gasteiger partial charge in [-0.05, 0) is 67.1 Å². The summed E-state index contributed by atoms with van der Waals surface area (Å²) in [6.07, 6.45) is 19.5. The van der Waals surface area contributed by atoms with Crippen LogP contribution in [0.25, 0.3) is 0 Å². The lowest BCUT2D eigenvalue weighted by molar-refractivity contribution is 0.146. The minimum atomic E-state index is -0.734. The molecule has 2 nitrogen and oxygen atoms in total. The predicted octanol–water partition coefficient (Wildman–Crippen LogP) is 8.14. The van der Waals surface area contributed by atoms with E-state index in [9.17, 15) is 8.78 Å². The van der Waals surface area contributed by atoms with Gasteiger partial charge in [-0.2, -0.15) is 5.26 Å². The Hall–Kier alpha value is -1.73. The molecule has 0 saturated heterocycles. The third kappa shape index (κ3) is 8.53. The highest BCUT2D eigenvalue weighted by Gasteiger charge is 2.25. The molecule has 2 aliphatic carbocycles. The Labute approximate surface area is 199 Å². The van der Waals surface area contributed by atoms with E-state index in [1.54, 1.807) is 6.07 Å². The van der Waals surface area contributed by atoms with Crippen molar-refractivity contribution < 1.29 is 13.5 Å². The Morgan fingerprint density at radius 3 is 1.82 bits per heavy atom. The van der Waals surface area contributed by atoms with Crippen molar-refractivity contribution >= 4 is 0 Å². The van der Waals surface area contributed by atoms with Crippen LogP contribution in [-0.2, 0) is 11.2 Å². The molecule has 0 atom stereocenters. The summed E-state index contributed by atoms with van der Waals surface area (Å²) in [5.41, 5.74) is 0.201. The largest absolute Gasteiger partial charge is 0.377 e. The molecule has 0 aliphatic heterocycles. The van der Waals surface area contributed by atoms with Gasteiger partial charge in [-0.1, -0.05) is 70.3 Å². The molecule has 0 N–H and O–H groups in total. The summed E-state index contributed by atoms with van der Waals surface area (Å²) in [5, 5.41) is 8.81. The molecule has 0 bridgehead atoms. The van der Waals surface area contributed by atoms with Crippen LogP contribution in [0.3, 0.4) is 0 Å². The van der Waals surface area contributed by atoms with Crippen LogP contribution < -0.4 is 0 Å². The van der Waals surface area contributed by atoms with Crippen LogP contribution in [0.1, 0.15) is 94.6 Å². The van der Waals surface area contributed by atoms with Crippen molar-refractivity contribution in [1.82, 2.24) is 0 Å². The van der Waals surface area contributed by atoms with Gasteiger partial charge in [-0.25, -0.2) is 8.78 Å². The van der Waals surface area contributed by atoms with E-state index in [1.807, 2.05) is 6.08 Å². The monoisotopic (exact) mass is 457 g/mol. The zero-order valence-electron chi connectivity index (χ0n) is 20.2. The highest BCUT2D eigenvalue weighted by atomic mass is 19.1. The van der Waals surface area contributed by atoms with Gasteiger partial charge in [0.2, 0.25) is 0 Å². The maximum absolute atomic E-state index is 13.8. The normalized spacial score (nSPS) is 25.5. The molecule has 0 amide bonds. The van der Waals surface area contributed by atoms with Crippen LogP contribution in [0.15, 0.2) is 24.8 Å². The second-order valence-electron chi connectivity index (χ2n) is 10.4. The van der Waals surface area contributed by atoms with Crippen molar-refractivity contribution in [2.45, 2.75) is 89.9 Å². The third-order valence-electron chi connectivity index (χ3n) is 8.11. The standard InChI is InChI=1S/C29H41F2NO/c1-2-17-33-18-3-4-22-5-7-23(8-6-22)9-10-24-11-13-25(14-12-24)15-16-26-19-28(30)27(21-32)29(31)20-26/h2,19-20,22-25H,1,3-18H2. The third-order valence-corrected chi connectivity index (χ3v) is 8.11. The predicted molar refractivity (Wildman–Crippen MR) is 130 cm³/mol. The average molecular weight is 458 g/mol. The van der Waals surface area contributed by atoms with Crippen LogP contribution >= 0.6 is 0 Å². The number of hydrogen-bond acceptors (Lipinski definition) is 2. The van der Waals surface area contributed by atoms with Gasteiger partial charge >= 0.3 is 0 Å². The number of nitrogens with zero attached hydrogens (tertiary/aromatic N) is 1. The number of hydrogen-bond donors (Lipinski definition) is 0. The first-order valence-electron chi connectivity index (χ1n) is 13.2. The van der Waals surface area contributed by atoms with Gasteiger partial charge < -0.3 is 4.74 Å². The molecular formula is C29H41F2NO. The lowest BCUT2D eigenvalue weighted by Crippen LogP contribution is -2.18. The van der Waals surface area contributed by atoms with E-state index in [0.29, 0.717) is 24.5 Å². The Bertz CT molecular complexity index is 747. The Balaban J connectivity index is 1.26. The number of aryl methyl sites for hydroxylation is 1. The summed E-state index contributed by atoms with van der Waals surface area (Å²) in [4.78, 5) is 0. The van der Waals surface area contributed by atoms with E-state index in [2.05, 4.69) is 6.58 Å². The average Bonchev–Trinajstić information content (AvgIpc) is 2.82. The molecule has 3 rings (SSSR count). The summed E-state index contributed by atoms with van der Waals surface area (Å²) in [6.45, 7) is 5.23. The Kier molecular flexibility index (Phi) is 10.9. The van der Waals surface area contributed by atoms with Gasteiger partial charge in [0.1, 0.15) is 23.3 Å². The molecule has 2 aliphatic rings. The van der Waals surface area contributed by atoms with Crippen LogP contribution in [0.4, 0.5) is 8.78 Å². The van der Waals surface area contributed by atoms with Gasteiger partial charge in [-0.3, -0.25) is 0 Å². The summed E-state index contributed by atoms with van der Waals surface area (Å²) in [7, 11) is 0. The Morgan fingerprint density at radius 2 is 1.33 bits per heavy atom. The number of halogens is 2. The lowest BCUT2D eigenvalue weighted by Gasteiger charge is -2.32. The molecule has 0 unspecified atom stereocenters. The van der Waals surface area contributed by atoms with Gasteiger partial charge in [0.25, 0.3) is 0 Å². The van der Waals surface area contributed by atoms with E-state index in [4.69, 9.17) is 10.00 Å². The smallest absolute Gasteiger partial charge is 0.144 e. The first-order chi connectivity index (χ1) is 16.1. The summed E-state index contributed by atoms with van der Waals surface area (Å²) in [6, 6.07) is 4.26. The fourth-order valence-corrected chi connectivity index (χ4v) is 5.98.